The molecule has 1 aliphatic carbocycles. The molecule has 1 unspecified atom stereocenters. The smallest absolute Gasteiger partial charge is 0.406 e. The standard InChI is InChI=1S/C29H25F5O/c1-2-3-4-21-13-16-26(28(31)27(21)30)24-12-11-22-17-20(7-10-23(22)18-24)6-5-19-8-14-25(15-9-19)35-29(32,33)34/h7-10,13-17,24H,2-4,11-12,18H2,1H3. The molecule has 35 heavy (non-hydrogen) atoms. The highest BCUT2D eigenvalue weighted by Crippen LogP contribution is 2.35. The molecule has 0 amide bonds. The molecule has 3 aromatic rings. The van der Waals surface area contributed by atoms with E-state index in [0.717, 1.165) is 42.4 Å². The van der Waals surface area contributed by atoms with Crippen LogP contribution in [0.5, 0.6) is 5.75 Å². The van der Waals surface area contributed by atoms with E-state index < -0.39 is 18.0 Å². The Hall–Kier alpha value is -3.33. The molecular weight excluding hydrogens is 459 g/mol. The first-order valence-electron chi connectivity index (χ1n) is 11.7. The third-order valence-corrected chi connectivity index (χ3v) is 6.31. The highest BCUT2D eigenvalue weighted by Gasteiger charge is 2.31. The number of hydrogen-bond donors (Lipinski definition) is 0. The van der Waals surface area contributed by atoms with Crippen LogP contribution in [-0.4, -0.2) is 6.36 Å². The molecule has 0 N–H and O–H groups in total. The van der Waals surface area contributed by atoms with Crippen molar-refractivity contribution in [2.75, 3.05) is 0 Å². The van der Waals surface area contributed by atoms with E-state index in [-0.39, 0.29) is 11.7 Å². The molecule has 0 fully saturated rings. The van der Waals surface area contributed by atoms with Crippen molar-refractivity contribution in [1.82, 2.24) is 0 Å². The summed E-state index contributed by atoms with van der Waals surface area (Å²) in [5, 5.41) is 0. The van der Waals surface area contributed by atoms with Crippen molar-refractivity contribution in [3.05, 3.63) is 99.6 Å². The Kier molecular flexibility index (Phi) is 7.45. The third kappa shape index (κ3) is 6.22. The zero-order chi connectivity index (χ0) is 25.0. The molecule has 1 atom stereocenters. The number of benzene rings is 3. The summed E-state index contributed by atoms with van der Waals surface area (Å²) in [5.74, 6) is 4.18. The normalized spacial score (nSPS) is 15.2. The summed E-state index contributed by atoms with van der Waals surface area (Å²) in [4.78, 5) is 0. The minimum absolute atomic E-state index is 0.0772. The van der Waals surface area contributed by atoms with Crippen molar-refractivity contribution in [1.29, 1.82) is 0 Å². The van der Waals surface area contributed by atoms with Crippen LogP contribution in [-0.2, 0) is 19.3 Å². The molecule has 0 bridgehead atoms. The third-order valence-electron chi connectivity index (χ3n) is 6.31. The quantitative estimate of drug-likeness (QED) is 0.264. The Bertz CT molecular complexity index is 1250. The highest BCUT2D eigenvalue weighted by molar-refractivity contribution is 5.48. The fraction of sp³-hybridized carbons (Fsp3) is 0.310. The average molecular weight is 485 g/mol. The maximum Gasteiger partial charge on any atom is 0.573 e. The molecule has 0 saturated heterocycles. The maximum atomic E-state index is 14.8. The predicted molar refractivity (Wildman–Crippen MR) is 125 cm³/mol. The number of halogens is 5. The van der Waals surface area contributed by atoms with Crippen molar-refractivity contribution < 1.29 is 26.7 Å². The summed E-state index contributed by atoms with van der Waals surface area (Å²) < 4.78 is 70.1. The van der Waals surface area contributed by atoms with Crippen molar-refractivity contribution >= 4 is 0 Å². The van der Waals surface area contributed by atoms with Gasteiger partial charge in [0.1, 0.15) is 5.75 Å². The highest BCUT2D eigenvalue weighted by atomic mass is 19.4. The number of aryl methyl sites for hydroxylation is 2. The monoisotopic (exact) mass is 484 g/mol. The summed E-state index contributed by atoms with van der Waals surface area (Å²) in [6, 6.07) is 14.7. The van der Waals surface area contributed by atoms with Gasteiger partial charge in [-0.15, -0.1) is 13.2 Å². The van der Waals surface area contributed by atoms with Crippen LogP contribution < -0.4 is 4.74 Å². The van der Waals surface area contributed by atoms with E-state index in [1.54, 1.807) is 12.1 Å². The fourth-order valence-electron chi connectivity index (χ4n) is 4.46. The van der Waals surface area contributed by atoms with E-state index in [2.05, 4.69) is 16.6 Å². The molecule has 0 heterocycles. The molecule has 0 saturated carbocycles. The van der Waals surface area contributed by atoms with E-state index in [1.165, 1.54) is 24.3 Å². The molecule has 0 aromatic heterocycles. The maximum absolute atomic E-state index is 14.8. The number of hydrogen-bond acceptors (Lipinski definition) is 1. The number of unbranched alkanes of at least 4 members (excludes halogenated alkanes) is 1. The molecule has 0 radical (unpaired) electrons. The van der Waals surface area contributed by atoms with Crippen molar-refractivity contribution in [3.63, 3.8) is 0 Å². The van der Waals surface area contributed by atoms with Gasteiger partial charge in [0.25, 0.3) is 0 Å². The van der Waals surface area contributed by atoms with Crippen LogP contribution in [0, 0.1) is 23.5 Å². The minimum atomic E-state index is -4.73. The van der Waals surface area contributed by atoms with Gasteiger partial charge in [0, 0.05) is 11.1 Å². The van der Waals surface area contributed by atoms with Crippen LogP contribution in [0.2, 0.25) is 0 Å². The summed E-state index contributed by atoms with van der Waals surface area (Å²) >= 11 is 0. The molecule has 182 valence electrons. The number of rotatable bonds is 5. The topological polar surface area (TPSA) is 9.23 Å². The first-order chi connectivity index (χ1) is 16.7. The largest absolute Gasteiger partial charge is 0.573 e. The van der Waals surface area contributed by atoms with Crippen molar-refractivity contribution in [2.24, 2.45) is 0 Å². The van der Waals surface area contributed by atoms with Gasteiger partial charge in [-0.3, -0.25) is 0 Å². The fourth-order valence-corrected chi connectivity index (χ4v) is 4.46. The lowest BCUT2D eigenvalue weighted by Crippen LogP contribution is -2.16. The second kappa shape index (κ2) is 10.5. The van der Waals surface area contributed by atoms with Gasteiger partial charge >= 0.3 is 6.36 Å². The lowest BCUT2D eigenvalue weighted by Gasteiger charge is -2.26. The van der Waals surface area contributed by atoms with Gasteiger partial charge in [-0.05, 0) is 96.7 Å². The van der Waals surface area contributed by atoms with Crippen LogP contribution in [0.3, 0.4) is 0 Å². The molecule has 1 nitrogen and oxygen atoms in total. The number of alkyl halides is 3. The van der Waals surface area contributed by atoms with Gasteiger partial charge < -0.3 is 4.74 Å². The van der Waals surface area contributed by atoms with E-state index in [1.807, 2.05) is 25.1 Å². The van der Waals surface area contributed by atoms with Gasteiger partial charge in [0.05, 0.1) is 0 Å². The lowest BCUT2D eigenvalue weighted by atomic mass is 9.79. The molecule has 0 spiro atoms. The van der Waals surface area contributed by atoms with Crippen molar-refractivity contribution in [3.8, 4) is 17.6 Å². The van der Waals surface area contributed by atoms with Gasteiger partial charge in [-0.25, -0.2) is 8.78 Å². The molecule has 6 heteroatoms. The lowest BCUT2D eigenvalue weighted by molar-refractivity contribution is -0.274. The van der Waals surface area contributed by atoms with Crippen LogP contribution in [0.15, 0.2) is 54.6 Å². The summed E-state index contributed by atoms with van der Waals surface area (Å²) in [5.41, 5.74) is 4.45. The molecule has 3 aromatic carbocycles. The summed E-state index contributed by atoms with van der Waals surface area (Å²) in [7, 11) is 0. The second-order valence-corrected chi connectivity index (χ2v) is 8.79. The summed E-state index contributed by atoms with van der Waals surface area (Å²) in [6.07, 6.45) is -0.343. The zero-order valence-electron chi connectivity index (χ0n) is 19.3. The first-order valence-corrected chi connectivity index (χ1v) is 11.7. The van der Waals surface area contributed by atoms with E-state index in [9.17, 15) is 22.0 Å². The van der Waals surface area contributed by atoms with Crippen LogP contribution in [0.25, 0.3) is 0 Å². The SMILES string of the molecule is CCCCc1ccc(C2CCc3cc(C#Cc4ccc(OC(F)(F)F)cc4)ccc3C2)c(F)c1F. The molecule has 0 aliphatic heterocycles. The minimum Gasteiger partial charge on any atom is -0.406 e. The van der Waals surface area contributed by atoms with Crippen LogP contribution in [0.4, 0.5) is 22.0 Å². The van der Waals surface area contributed by atoms with E-state index >= 15 is 0 Å². The van der Waals surface area contributed by atoms with E-state index in [4.69, 9.17) is 0 Å². The number of ether oxygens (including phenoxy) is 1. The van der Waals surface area contributed by atoms with Gasteiger partial charge in [-0.1, -0.05) is 43.4 Å². The predicted octanol–water partition coefficient (Wildman–Crippen LogP) is 7.88. The Morgan fingerprint density at radius 2 is 1.60 bits per heavy atom. The van der Waals surface area contributed by atoms with Crippen LogP contribution >= 0.6 is 0 Å². The Balaban J connectivity index is 1.46. The van der Waals surface area contributed by atoms with Crippen LogP contribution in [0.1, 0.15) is 65.5 Å². The molecular formula is C29H25F5O. The Morgan fingerprint density at radius 1 is 0.886 bits per heavy atom. The van der Waals surface area contributed by atoms with Gasteiger partial charge in [0.2, 0.25) is 0 Å². The Morgan fingerprint density at radius 3 is 2.31 bits per heavy atom. The summed E-state index contributed by atoms with van der Waals surface area (Å²) in [6.45, 7) is 2.02. The van der Waals surface area contributed by atoms with E-state index in [0.29, 0.717) is 29.5 Å². The first kappa shape index (κ1) is 24.8. The van der Waals surface area contributed by atoms with Gasteiger partial charge in [-0.2, -0.15) is 0 Å². The Labute approximate surface area is 201 Å². The number of fused-ring (bicyclic) bond motifs is 1. The average Bonchev–Trinajstić information content (AvgIpc) is 2.83. The van der Waals surface area contributed by atoms with Crippen molar-refractivity contribution in [2.45, 2.75) is 57.7 Å². The zero-order valence-corrected chi connectivity index (χ0v) is 19.3. The van der Waals surface area contributed by atoms with Gasteiger partial charge in [0.15, 0.2) is 11.6 Å². The second-order valence-electron chi connectivity index (χ2n) is 8.79. The molecule has 4 rings (SSSR count). The molecule has 1 aliphatic rings.